The fourth-order valence-electron chi connectivity index (χ4n) is 6.03. The quantitative estimate of drug-likeness (QED) is 0.247. The molecule has 0 saturated carbocycles. The number of hydrogen-bond donors (Lipinski definition) is 2. The van der Waals surface area contributed by atoms with Crippen molar-refractivity contribution in [3.63, 3.8) is 0 Å². The van der Waals surface area contributed by atoms with Crippen molar-refractivity contribution in [2.24, 2.45) is 5.92 Å². The first kappa shape index (κ1) is 35.7. The zero-order valence-corrected chi connectivity index (χ0v) is 26.5. The molecule has 4 rings (SSSR count). The first-order valence-corrected chi connectivity index (χ1v) is 15.2. The van der Waals surface area contributed by atoms with Crippen molar-refractivity contribution < 1.29 is 48.3 Å². The van der Waals surface area contributed by atoms with Gasteiger partial charge in [-0.3, -0.25) is 19.3 Å². The van der Waals surface area contributed by atoms with Gasteiger partial charge < -0.3 is 39.1 Å². The minimum atomic E-state index is -1.39. The van der Waals surface area contributed by atoms with Crippen LogP contribution < -0.4 is 0 Å². The Morgan fingerprint density at radius 2 is 1.81 bits per heavy atom. The highest BCUT2D eigenvalue weighted by molar-refractivity contribution is 5.98. The molecule has 4 aliphatic rings. The highest BCUT2D eigenvalue weighted by Gasteiger charge is 2.50. The second-order valence-corrected chi connectivity index (χ2v) is 12.9. The lowest BCUT2D eigenvalue weighted by Gasteiger charge is -2.51. The summed E-state index contributed by atoms with van der Waals surface area (Å²) < 4.78 is 28.1. The van der Waals surface area contributed by atoms with Crippen LogP contribution in [0.3, 0.4) is 0 Å². The Labute approximate surface area is 254 Å². The van der Waals surface area contributed by atoms with Crippen molar-refractivity contribution in [2.45, 2.75) is 88.3 Å². The van der Waals surface area contributed by atoms with Crippen LogP contribution in [0.15, 0.2) is 0 Å². The van der Waals surface area contributed by atoms with Crippen LogP contribution in [0.1, 0.15) is 52.4 Å². The predicted octanol–water partition coefficient (Wildman–Crippen LogP) is 0.176. The number of aliphatic hydroxyl groups excluding tert-OH is 1. The topological polar surface area (TPSA) is 142 Å². The van der Waals surface area contributed by atoms with Crippen LogP contribution in [0.5, 0.6) is 0 Å². The molecule has 0 aliphatic carbocycles. The largest absolute Gasteiger partial charge is 0.453 e. The van der Waals surface area contributed by atoms with Crippen molar-refractivity contribution in [3.8, 4) is 0 Å². The van der Waals surface area contributed by atoms with Crippen LogP contribution in [-0.4, -0.2) is 157 Å². The van der Waals surface area contributed by atoms with Gasteiger partial charge in [0.2, 0.25) is 5.91 Å². The van der Waals surface area contributed by atoms with Crippen molar-refractivity contribution >= 4 is 17.7 Å². The second-order valence-electron chi connectivity index (χ2n) is 12.9. The number of hydrogen-bond acceptors (Lipinski definition) is 12. The molecule has 13 nitrogen and oxygen atoms in total. The molecule has 0 aromatic heterocycles. The van der Waals surface area contributed by atoms with E-state index in [1.807, 2.05) is 37.9 Å². The maximum atomic E-state index is 12.7. The summed E-state index contributed by atoms with van der Waals surface area (Å²) in [6.45, 7) is 6.31. The van der Waals surface area contributed by atoms with Crippen LogP contribution in [0.25, 0.3) is 0 Å². The van der Waals surface area contributed by atoms with Gasteiger partial charge in [0.25, 0.3) is 0 Å². The van der Waals surface area contributed by atoms with Gasteiger partial charge in [-0.2, -0.15) is 4.94 Å². The van der Waals surface area contributed by atoms with Gasteiger partial charge in [-0.05, 0) is 58.9 Å². The fraction of sp³-hybridized carbons (Fsp3) is 0.897. The normalized spacial score (nSPS) is 33.3. The number of esters is 1. The van der Waals surface area contributed by atoms with Gasteiger partial charge in [0.05, 0.1) is 31.8 Å². The smallest absolute Gasteiger partial charge is 0.316 e. The van der Waals surface area contributed by atoms with E-state index >= 15 is 0 Å². The minimum absolute atomic E-state index is 0.0236. The van der Waals surface area contributed by atoms with E-state index < -0.39 is 29.6 Å². The highest BCUT2D eigenvalue weighted by Crippen LogP contribution is 2.30. The summed E-state index contributed by atoms with van der Waals surface area (Å²) in [5.41, 5.74) is -0.851. The number of likely N-dealkylation sites (N-methyl/N-ethyl adjacent to an activating group) is 1. The van der Waals surface area contributed by atoms with E-state index in [-0.39, 0.29) is 56.4 Å². The first-order chi connectivity index (χ1) is 20.2. The predicted molar refractivity (Wildman–Crippen MR) is 153 cm³/mol. The van der Waals surface area contributed by atoms with Gasteiger partial charge in [0, 0.05) is 58.5 Å². The lowest BCUT2D eigenvalue weighted by atomic mass is 9.91. The molecule has 0 aromatic rings. The molecule has 1 amide bonds. The minimum Gasteiger partial charge on any atom is -0.453 e. The molecule has 4 aliphatic heterocycles. The third kappa shape index (κ3) is 10.1. The van der Waals surface area contributed by atoms with E-state index in [1.165, 1.54) is 14.0 Å². The zero-order chi connectivity index (χ0) is 31.9. The number of ether oxygens (including phenoxy) is 3. The Bertz CT molecular complexity index is 947. The fourth-order valence-corrected chi connectivity index (χ4v) is 6.03. The molecule has 14 heteroatoms. The average Bonchev–Trinajstić information content (AvgIpc) is 2.92. The number of rotatable bonds is 5. The first-order valence-electron chi connectivity index (χ1n) is 15.2. The zero-order valence-electron chi connectivity index (χ0n) is 26.5. The van der Waals surface area contributed by atoms with E-state index in [4.69, 9.17) is 14.2 Å². The molecule has 4 fully saturated rings. The van der Waals surface area contributed by atoms with Crippen LogP contribution >= 0.6 is 0 Å². The molecule has 1 spiro atoms. The van der Waals surface area contributed by atoms with Gasteiger partial charge in [0.15, 0.2) is 17.7 Å². The van der Waals surface area contributed by atoms with Crippen LogP contribution in [0.2, 0.25) is 0 Å². The molecule has 4 heterocycles. The standard InChI is InChI=1S/C21H35N3O7.C8H16FNO2/c1-15-17(26)5-7-21(29,30-3)6-4-8-22(2)12-20(31-19(15)28)13-24(14-20)18(27)11-23-9-16(25)10-23;1-6-4-7(10(2)3)5-8(11-6)12-9/h15-16,25,29H,4-14H2,1-3H3;6-8H,4-5H2,1-3H3/t15?,21-;/m1./s1. The molecule has 4 saturated heterocycles. The van der Waals surface area contributed by atoms with E-state index in [2.05, 4.69) is 9.84 Å². The third-order valence-corrected chi connectivity index (χ3v) is 8.85. The SMILES string of the molecule is CC1CC(N(C)C)CC(OF)O1.CO[C@]1(O)CCCN(C)CC2(CN(C(=O)CN3CC(O)C3)C2)OC(=O)C(C)C(=O)CC1. The maximum Gasteiger partial charge on any atom is 0.316 e. The summed E-state index contributed by atoms with van der Waals surface area (Å²) in [6, 6.07) is 0.356. The van der Waals surface area contributed by atoms with Gasteiger partial charge in [0.1, 0.15) is 11.7 Å². The van der Waals surface area contributed by atoms with Crippen molar-refractivity contribution in [3.05, 3.63) is 0 Å². The number of methoxy groups -OCH3 is 1. The summed E-state index contributed by atoms with van der Waals surface area (Å²) in [5.74, 6) is -3.30. The van der Waals surface area contributed by atoms with E-state index in [9.17, 15) is 29.1 Å². The van der Waals surface area contributed by atoms with Gasteiger partial charge in [-0.15, -0.1) is 0 Å². The lowest BCUT2D eigenvalue weighted by Crippen LogP contribution is -2.70. The summed E-state index contributed by atoms with van der Waals surface area (Å²) in [5, 5.41) is 20.0. The number of likely N-dealkylation sites (tertiary alicyclic amines) is 2. The highest BCUT2D eigenvalue weighted by atomic mass is 19.3. The van der Waals surface area contributed by atoms with E-state index in [0.29, 0.717) is 51.5 Å². The van der Waals surface area contributed by atoms with Crippen LogP contribution in [-0.2, 0) is 33.5 Å². The second kappa shape index (κ2) is 15.5. The summed E-state index contributed by atoms with van der Waals surface area (Å²) in [4.78, 5) is 49.1. The third-order valence-electron chi connectivity index (χ3n) is 8.85. The van der Waals surface area contributed by atoms with Crippen molar-refractivity contribution in [2.75, 3.05) is 74.1 Å². The number of amides is 1. The average molecular weight is 619 g/mol. The number of Topliss-reactive ketones (excluding diaryl/α,β-unsaturated/α-hetero) is 1. The van der Waals surface area contributed by atoms with Gasteiger partial charge >= 0.3 is 5.97 Å². The van der Waals surface area contributed by atoms with Gasteiger partial charge in [-0.1, -0.05) is 0 Å². The van der Waals surface area contributed by atoms with E-state index in [1.54, 1.807) is 4.90 Å². The van der Waals surface area contributed by atoms with Crippen molar-refractivity contribution in [1.29, 1.82) is 0 Å². The Morgan fingerprint density at radius 3 is 2.40 bits per heavy atom. The van der Waals surface area contributed by atoms with Gasteiger partial charge in [-0.25, -0.2) is 0 Å². The Morgan fingerprint density at radius 1 is 1.14 bits per heavy atom. The maximum absolute atomic E-state index is 12.7. The number of ketones is 1. The number of carbonyl (C=O) groups is 3. The number of carbonyl (C=O) groups excluding carboxylic acids is 3. The molecule has 5 atom stereocenters. The molecule has 248 valence electrons. The summed E-state index contributed by atoms with van der Waals surface area (Å²) in [7, 11) is 7.29. The molecule has 2 N–H and O–H groups in total. The number of aliphatic hydroxyl groups is 2. The number of halogens is 1. The Kier molecular flexibility index (Phi) is 12.8. The molecule has 0 radical (unpaired) electrons. The molecule has 43 heavy (non-hydrogen) atoms. The van der Waals surface area contributed by atoms with Crippen LogP contribution in [0, 0.1) is 5.92 Å². The Hall–Kier alpha value is -1.78. The van der Waals surface area contributed by atoms with E-state index in [0.717, 1.165) is 6.42 Å². The molecular formula is C29H51FN4O9. The molecular weight excluding hydrogens is 567 g/mol. The monoisotopic (exact) mass is 618 g/mol. The van der Waals surface area contributed by atoms with Crippen LogP contribution in [0.4, 0.5) is 4.53 Å². The summed E-state index contributed by atoms with van der Waals surface area (Å²) >= 11 is 0. The Balaban J connectivity index is 0.000000353. The molecule has 0 bridgehead atoms. The molecule has 0 aromatic carbocycles. The molecule has 4 unspecified atom stereocenters. The number of β-amino-alcohol motifs (C(OH)–C–C–N with tert-alkyl or cyclic N) is 1. The van der Waals surface area contributed by atoms with Crippen molar-refractivity contribution in [1.82, 2.24) is 19.6 Å². The summed E-state index contributed by atoms with van der Waals surface area (Å²) in [6.07, 6.45) is 1.75. The number of nitrogens with zero attached hydrogens (tertiary/aromatic N) is 4. The lowest BCUT2D eigenvalue weighted by molar-refractivity contribution is -0.304.